The molecule has 2 N–H and O–H groups in total. The fraction of sp³-hybridized carbons (Fsp3) is 0.107. The fourth-order valence-electron chi connectivity index (χ4n) is 4.03. The zero-order valence-corrected chi connectivity index (χ0v) is 21.6. The molecule has 1 saturated heterocycles. The van der Waals surface area contributed by atoms with E-state index in [0.29, 0.717) is 21.8 Å². The third-order valence-electron chi connectivity index (χ3n) is 6.04. The fourth-order valence-corrected chi connectivity index (χ4v) is 4.77. The number of rotatable bonds is 8. The molecule has 4 amide bonds. The number of aromatic nitrogens is 2. The Balaban J connectivity index is 1.22. The van der Waals surface area contributed by atoms with Gasteiger partial charge >= 0.3 is 12.0 Å². The molecule has 196 valence electrons. The number of carbonyl (C=O) groups excluding carboxylic acids is 4. The number of nitrogens with zero attached hydrogens (tertiary/aromatic N) is 3. The lowest BCUT2D eigenvalue weighted by molar-refractivity contribution is -0.147. The number of imide groups is 1. The minimum absolute atomic E-state index is 0.564. The maximum Gasteiger partial charge on any atom is 0.344 e. The second-order valence-electron chi connectivity index (χ2n) is 8.73. The van der Waals surface area contributed by atoms with Crippen molar-refractivity contribution in [1.29, 1.82) is 0 Å². The Morgan fingerprint density at radius 1 is 1.05 bits per heavy atom. The molecule has 5 rings (SSSR count). The summed E-state index contributed by atoms with van der Waals surface area (Å²) in [6.45, 7) is 0.854. The van der Waals surface area contributed by atoms with E-state index >= 15 is 0 Å². The van der Waals surface area contributed by atoms with E-state index in [1.807, 2.05) is 47.8 Å². The molecule has 11 heteroatoms. The van der Waals surface area contributed by atoms with E-state index in [0.717, 1.165) is 10.6 Å². The molecule has 4 aromatic rings. The molecule has 1 aliphatic rings. The summed E-state index contributed by atoms with van der Waals surface area (Å²) in [7, 11) is 0. The zero-order valence-electron chi connectivity index (χ0n) is 20.7. The summed E-state index contributed by atoms with van der Waals surface area (Å²) in [5.74, 6) is -2.27. The number of esters is 1. The van der Waals surface area contributed by atoms with Crippen LogP contribution in [-0.2, 0) is 24.7 Å². The molecular weight excluding hydrogens is 518 g/mol. The smallest absolute Gasteiger partial charge is 0.344 e. The molecule has 0 radical (unpaired) electrons. The first-order valence-electron chi connectivity index (χ1n) is 11.9. The normalized spacial score (nSPS) is 16.9. The molecule has 0 unspecified atom stereocenters. The lowest BCUT2D eigenvalue weighted by Crippen LogP contribution is -2.49. The summed E-state index contributed by atoms with van der Waals surface area (Å²) < 4.78 is 6.75. The summed E-state index contributed by atoms with van der Waals surface area (Å²) in [6.07, 6.45) is 4.55. The predicted octanol–water partition coefficient (Wildman–Crippen LogP) is 3.66. The number of amides is 4. The standard InChI is InChI=1S/C28H23N5O5S/c1-28(20-9-4-2-5-10-20)26(36)33(27(37)29-28)30-23(34)18-38-24(35)15-14-19-17-32(21-11-6-3-7-12-21)31-25(19)22-13-8-16-39-22/h2-17H,18H2,1H3,(H,29,37)(H,30,34)/b15-14+/t28-/m1/s1. The molecule has 1 aliphatic heterocycles. The molecule has 39 heavy (non-hydrogen) atoms. The van der Waals surface area contributed by atoms with Crippen molar-refractivity contribution in [3.05, 3.63) is 102 Å². The average molecular weight is 542 g/mol. The van der Waals surface area contributed by atoms with Crippen molar-refractivity contribution in [2.24, 2.45) is 0 Å². The monoisotopic (exact) mass is 541 g/mol. The van der Waals surface area contributed by atoms with Crippen LogP contribution in [0.4, 0.5) is 4.79 Å². The number of urea groups is 1. The number of carbonyl (C=O) groups is 4. The minimum Gasteiger partial charge on any atom is -0.452 e. The van der Waals surface area contributed by atoms with E-state index in [-0.39, 0.29) is 0 Å². The summed E-state index contributed by atoms with van der Waals surface area (Å²) in [5, 5.41) is 9.77. The molecule has 2 aromatic carbocycles. The number of hydrogen-bond donors (Lipinski definition) is 2. The molecule has 3 heterocycles. The molecule has 2 aromatic heterocycles. The number of ether oxygens (including phenoxy) is 1. The second kappa shape index (κ2) is 10.8. The zero-order chi connectivity index (χ0) is 27.4. The van der Waals surface area contributed by atoms with Gasteiger partial charge in [0, 0.05) is 17.8 Å². The van der Waals surface area contributed by atoms with E-state index in [2.05, 4.69) is 15.8 Å². The average Bonchev–Trinajstić information content (AvgIpc) is 3.68. The van der Waals surface area contributed by atoms with Crippen LogP contribution in [0.2, 0.25) is 0 Å². The summed E-state index contributed by atoms with van der Waals surface area (Å²) in [6, 6.07) is 21.3. The van der Waals surface area contributed by atoms with Crippen LogP contribution in [0.1, 0.15) is 18.1 Å². The van der Waals surface area contributed by atoms with E-state index in [1.54, 1.807) is 54.2 Å². The second-order valence-corrected chi connectivity index (χ2v) is 9.68. The van der Waals surface area contributed by atoms with Gasteiger partial charge in [-0.3, -0.25) is 15.0 Å². The Kier molecular flexibility index (Phi) is 7.06. The van der Waals surface area contributed by atoms with Gasteiger partial charge in [0.2, 0.25) is 0 Å². The predicted molar refractivity (Wildman–Crippen MR) is 144 cm³/mol. The molecule has 0 bridgehead atoms. The van der Waals surface area contributed by atoms with E-state index in [1.165, 1.54) is 17.4 Å². The molecule has 1 fully saturated rings. The number of benzene rings is 2. The molecule has 0 spiro atoms. The summed E-state index contributed by atoms with van der Waals surface area (Å²) in [5.41, 5.74) is 3.66. The molecular formula is C28H23N5O5S. The highest BCUT2D eigenvalue weighted by Crippen LogP contribution is 2.29. The van der Waals surface area contributed by atoms with Gasteiger partial charge in [0.1, 0.15) is 11.2 Å². The van der Waals surface area contributed by atoms with Crippen LogP contribution < -0.4 is 10.7 Å². The van der Waals surface area contributed by atoms with Crippen molar-refractivity contribution >= 4 is 41.2 Å². The topological polar surface area (TPSA) is 123 Å². The Labute approximate surface area is 227 Å². The summed E-state index contributed by atoms with van der Waals surface area (Å²) >= 11 is 1.52. The maximum absolute atomic E-state index is 12.9. The summed E-state index contributed by atoms with van der Waals surface area (Å²) in [4.78, 5) is 51.0. The van der Waals surface area contributed by atoms with Gasteiger partial charge in [0.15, 0.2) is 6.61 Å². The third-order valence-corrected chi connectivity index (χ3v) is 6.92. The van der Waals surface area contributed by atoms with Crippen LogP contribution in [0.3, 0.4) is 0 Å². The van der Waals surface area contributed by atoms with Crippen molar-refractivity contribution in [3.63, 3.8) is 0 Å². The van der Waals surface area contributed by atoms with Crippen molar-refractivity contribution < 1.29 is 23.9 Å². The molecule has 0 aliphatic carbocycles. The van der Waals surface area contributed by atoms with Crippen LogP contribution in [0, 0.1) is 0 Å². The van der Waals surface area contributed by atoms with E-state index in [9.17, 15) is 19.2 Å². The van der Waals surface area contributed by atoms with Crippen molar-refractivity contribution in [3.8, 4) is 16.3 Å². The van der Waals surface area contributed by atoms with Crippen LogP contribution in [0.5, 0.6) is 0 Å². The molecule has 10 nitrogen and oxygen atoms in total. The van der Waals surface area contributed by atoms with Crippen LogP contribution in [-0.4, -0.2) is 45.2 Å². The van der Waals surface area contributed by atoms with Crippen molar-refractivity contribution in [2.45, 2.75) is 12.5 Å². The Morgan fingerprint density at radius 2 is 1.77 bits per heavy atom. The quantitative estimate of drug-likeness (QED) is 0.199. The highest BCUT2D eigenvalue weighted by Gasteiger charge is 2.50. The maximum atomic E-state index is 12.9. The van der Waals surface area contributed by atoms with Crippen LogP contribution in [0.25, 0.3) is 22.3 Å². The van der Waals surface area contributed by atoms with E-state index in [4.69, 9.17) is 4.74 Å². The Hall–Kier alpha value is -5.03. The van der Waals surface area contributed by atoms with Gasteiger partial charge in [-0.2, -0.15) is 10.1 Å². The number of nitrogens with one attached hydrogen (secondary N) is 2. The van der Waals surface area contributed by atoms with Crippen LogP contribution >= 0.6 is 11.3 Å². The Bertz CT molecular complexity index is 1550. The van der Waals surface area contributed by atoms with Gasteiger partial charge in [-0.15, -0.1) is 11.3 Å². The first-order valence-corrected chi connectivity index (χ1v) is 12.8. The van der Waals surface area contributed by atoms with Crippen LogP contribution in [0.15, 0.2) is 90.4 Å². The van der Waals surface area contributed by atoms with Gasteiger partial charge in [-0.25, -0.2) is 14.3 Å². The number of hydrazine groups is 1. The number of hydrogen-bond acceptors (Lipinski definition) is 7. The van der Waals surface area contributed by atoms with E-state index < -0.39 is 36.0 Å². The third kappa shape index (κ3) is 5.34. The number of thiophene rings is 1. The largest absolute Gasteiger partial charge is 0.452 e. The van der Waals surface area contributed by atoms with Crippen molar-refractivity contribution in [1.82, 2.24) is 25.5 Å². The van der Waals surface area contributed by atoms with Crippen molar-refractivity contribution in [2.75, 3.05) is 6.61 Å². The highest BCUT2D eigenvalue weighted by molar-refractivity contribution is 7.13. The van der Waals surface area contributed by atoms with Gasteiger partial charge in [0.05, 0.1) is 10.6 Å². The first-order chi connectivity index (χ1) is 18.8. The molecule has 1 atom stereocenters. The Morgan fingerprint density at radius 3 is 2.46 bits per heavy atom. The van der Waals surface area contributed by atoms with Gasteiger partial charge in [-0.1, -0.05) is 54.6 Å². The van der Waals surface area contributed by atoms with Gasteiger partial charge in [-0.05, 0) is 42.1 Å². The van der Waals surface area contributed by atoms with Gasteiger partial charge < -0.3 is 10.1 Å². The molecule has 0 saturated carbocycles. The minimum atomic E-state index is -1.34. The lowest BCUT2D eigenvalue weighted by Gasteiger charge is -2.22. The number of para-hydroxylation sites is 1. The lowest BCUT2D eigenvalue weighted by atomic mass is 9.92. The first kappa shape index (κ1) is 25.6. The SMILES string of the molecule is C[C@]1(c2ccccc2)NC(=O)N(NC(=O)COC(=O)/C=C/c2cn(-c3ccccc3)nc2-c2cccs2)C1=O. The highest BCUT2D eigenvalue weighted by atomic mass is 32.1. The van der Waals surface area contributed by atoms with Gasteiger partial charge in [0.25, 0.3) is 11.8 Å².